The summed E-state index contributed by atoms with van der Waals surface area (Å²) in [5.41, 5.74) is -0.252. The van der Waals surface area contributed by atoms with Gasteiger partial charge in [-0.05, 0) is 51.9 Å². The van der Waals surface area contributed by atoms with Crippen LogP contribution in [0, 0.1) is 23.2 Å². The van der Waals surface area contributed by atoms with E-state index in [2.05, 4.69) is 5.32 Å². The minimum Gasteiger partial charge on any atom is -0.444 e. The highest BCUT2D eigenvalue weighted by Crippen LogP contribution is 2.58. The molecular formula is C18H30N2O4. The molecule has 6 heteroatoms. The van der Waals surface area contributed by atoms with Gasteiger partial charge in [-0.1, -0.05) is 0 Å². The fourth-order valence-electron chi connectivity index (χ4n) is 5.20. The van der Waals surface area contributed by atoms with Crippen molar-refractivity contribution in [3.05, 3.63) is 0 Å². The standard InChI is InChI=1S/C18H30N2O4/c1-17(2,3)24-16(23)20-7-11-6-18(11,9-20)8-19-13-5-10-4-12(13)15(22)14(10)21/h10-15,19,21-22H,4-9H2,1-3H3. The molecule has 0 aromatic heterocycles. The van der Waals surface area contributed by atoms with Crippen LogP contribution in [0.2, 0.25) is 0 Å². The molecule has 4 fully saturated rings. The van der Waals surface area contributed by atoms with Crippen LogP contribution in [0.15, 0.2) is 0 Å². The summed E-state index contributed by atoms with van der Waals surface area (Å²) in [7, 11) is 0. The Kier molecular flexibility index (Phi) is 3.68. The van der Waals surface area contributed by atoms with Crippen molar-refractivity contribution in [3.8, 4) is 0 Å². The number of aliphatic hydroxyl groups excluding tert-OH is 2. The van der Waals surface area contributed by atoms with Crippen molar-refractivity contribution < 1.29 is 19.7 Å². The van der Waals surface area contributed by atoms with E-state index in [9.17, 15) is 15.0 Å². The highest BCUT2D eigenvalue weighted by molar-refractivity contribution is 5.69. The third-order valence-corrected chi connectivity index (χ3v) is 6.59. The van der Waals surface area contributed by atoms with E-state index < -0.39 is 17.8 Å². The van der Waals surface area contributed by atoms with Gasteiger partial charge in [0.25, 0.3) is 0 Å². The number of amides is 1. The van der Waals surface area contributed by atoms with Crippen LogP contribution in [0.5, 0.6) is 0 Å². The second kappa shape index (κ2) is 5.32. The maximum Gasteiger partial charge on any atom is 0.410 e. The van der Waals surface area contributed by atoms with Crippen molar-refractivity contribution in [2.45, 2.75) is 63.9 Å². The molecule has 0 radical (unpaired) electrons. The van der Waals surface area contributed by atoms with Gasteiger partial charge in [-0.25, -0.2) is 4.79 Å². The second-order valence-corrected chi connectivity index (χ2v) is 9.49. The Balaban J connectivity index is 1.29. The molecule has 0 aromatic carbocycles. The molecule has 3 N–H and O–H groups in total. The maximum absolute atomic E-state index is 12.2. The van der Waals surface area contributed by atoms with E-state index in [1.165, 1.54) is 6.42 Å². The number of nitrogens with zero attached hydrogens (tertiary/aromatic N) is 1. The first-order chi connectivity index (χ1) is 11.2. The van der Waals surface area contributed by atoms with Crippen LogP contribution < -0.4 is 5.32 Å². The van der Waals surface area contributed by atoms with E-state index >= 15 is 0 Å². The van der Waals surface area contributed by atoms with E-state index in [0.29, 0.717) is 12.0 Å². The summed E-state index contributed by atoms with van der Waals surface area (Å²) >= 11 is 0. The summed E-state index contributed by atoms with van der Waals surface area (Å²) in [6.45, 7) is 8.16. The van der Waals surface area contributed by atoms with Gasteiger partial charge >= 0.3 is 6.09 Å². The lowest BCUT2D eigenvalue weighted by Gasteiger charge is -2.32. The van der Waals surface area contributed by atoms with Gasteiger partial charge in [0.1, 0.15) is 5.60 Å². The number of ether oxygens (including phenoxy) is 1. The molecule has 1 heterocycles. The summed E-state index contributed by atoms with van der Waals surface area (Å²) in [4.78, 5) is 14.1. The van der Waals surface area contributed by atoms with Crippen molar-refractivity contribution in [1.29, 1.82) is 0 Å². The first-order valence-corrected chi connectivity index (χ1v) is 9.26. The molecule has 1 aliphatic heterocycles. The molecule has 6 nitrogen and oxygen atoms in total. The van der Waals surface area contributed by atoms with Crippen molar-refractivity contribution in [2.75, 3.05) is 19.6 Å². The molecule has 0 spiro atoms. The van der Waals surface area contributed by atoms with Gasteiger partial charge < -0.3 is 25.2 Å². The molecule has 4 rings (SSSR count). The van der Waals surface area contributed by atoms with Crippen molar-refractivity contribution in [2.24, 2.45) is 23.2 Å². The lowest BCUT2D eigenvalue weighted by atomic mass is 9.90. The van der Waals surface area contributed by atoms with Gasteiger partial charge in [0.05, 0.1) is 12.2 Å². The Labute approximate surface area is 143 Å². The lowest BCUT2D eigenvalue weighted by molar-refractivity contribution is -0.0265. The zero-order valence-electron chi connectivity index (χ0n) is 14.9. The van der Waals surface area contributed by atoms with E-state index in [4.69, 9.17) is 4.74 Å². The third kappa shape index (κ3) is 2.72. The molecule has 0 aromatic rings. The van der Waals surface area contributed by atoms with Crippen LogP contribution in [0.25, 0.3) is 0 Å². The minimum atomic E-state index is -0.574. The number of piperidine rings is 1. The number of fused-ring (bicyclic) bond motifs is 3. The number of carbonyl (C=O) groups is 1. The number of nitrogens with one attached hydrogen (secondary N) is 1. The van der Waals surface area contributed by atoms with Gasteiger partial charge in [0.2, 0.25) is 0 Å². The average Bonchev–Trinajstić information content (AvgIpc) is 2.82. The Morgan fingerprint density at radius 2 is 2.04 bits per heavy atom. The summed E-state index contributed by atoms with van der Waals surface area (Å²) in [6, 6.07) is 0.305. The van der Waals surface area contributed by atoms with Crippen LogP contribution >= 0.6 is 0 Å². The number of likely N-dealkylation sites (tertiary alicyclic amines) is 1. The normalized spacial score (nSPS) is 46.3. The van der Waals surface area contributed by atoms with Gasteiger partial charge in [-0.3, -0.25) is 0 Å². The number of hydrogen-bond donors (Lipinski definition) is 3. The number of hydrogen-bond acceptors (Lipinski definition) is 5. The minimum absolute atomic E-state index is 0.182. The lowest BCUT2D eigenvalue weighted by Crippen LogP contribution is -2.47. The fourth-order valence-corrected chi connectivity index (χ4v) is 5.20. The van der Waals surface area contributed by atoms with Gasteiger partial charge in [-0.15, -0.1) is 0 Å². The predicted octanol–water partition coefficient (Wildman–Crippen LogP) is 0.963. The molecule has 2 bridgehead atoms. The van der Waals surface area contributed by atoms with Crippen LogP contribution in [0.1, 0.15) is 40.0 Å². The summed E-state index contributed by atoms with van der Waals surface area (Å²) in [5.74, 6) is 1.01. The Hall–Kier alpha value is -0.850. The first-order valence-electron chi connectivity index (χ1n) is 9.26. The molecule has 3 aliphatic carbocycles. The molecule has 3 saturated carbocycles. The van der Waals surface area contributed by atoms with Crippen molar-refractivity contribution in [3.63, 3.8) is 0 Å². The molecule has 7 unspecified atom stereocenters. The number of carbonyl (C=O) groups excluding carboxylic acids is 1. The first kappa shape index (κ1) is 16.6. The monoisotopic (exact) mass is 338 g/mol. The summed E-state index contributed by atoms with van der Waals surface area (Å²) in [6.07, 6.45) is 1.75. The molecular weight excluding hydrogens is 308 g/mol. The van der Waals surface area contributed by atoms with Gasteiger partial charge in [-0.2, -0.15) is 0 Å². The molecule has 136 valence electrons. The third-order valence-electron chi connectivity index (χ3n) is 6.59. The Morgan fingerprint density at radius 1 is 1.29 bits per heavy atom. The number of aliphatic hydroxyl groups is 2. The van der Waals surface area contributed by atoms with Crippen LogP contribution in [-0.4, -0.2) is 64.7 Å². The highest BCUT2D eigenvalue weighted by atomic mass is 16.6. The Bertz CT molecular complexity index is 532. The van der Waals surface area contributed by atoms with Crippen molar-refractivity contribution >= 4 is 6.09 Å². The quantitative estimate of drug-likeness (QED) is 0.714. The summed E-state index contributed by atoms with van der Waals surface area (Å²) < 4.78 is 5.49. The zero-order valence-corrected chi connectivity index (χ0v) is 14.9. The summed E-state index contributed by atoms with van der Waals surface area (Å²) in [5, 5.41) is 23.6. The fraction of sp³-hybridized carbons (Fsp3) is 0.944. The van der Waals surface area contributed by atoms with Crippen LogP contribution in [-0.2, 0) is 4.74 Å². The SMILES string of the molecule is CC(C)(C)OC(=O)N1CC2CC2(CNC2CC3CC2C(O)C3O)C1. The molecule has 7 atom stereocenters. The zero-order chi connectivity index (χ0) is 17.3. The maximum atomic E-state index is 12.2. The smallest absolute Gasteiger partial charge is 0.410 e. The largest absolute Gasteiger partial charge is 0.444 e. The van der Waals surface area contributed by atoms with Crippen LogP contribution in [0.4, 0.5) is 4.79 Å². The van der Waals surface area contributed by atoms with E-state index in [1.807, 2.05) is 25.7 Å². The predicted molar refractivity (Wildman–Crippen MR) is 88.4 cm³/mol. The number of rotatable bonds is 3. The van der Waals surface area contributed by atoms with Crippen LogP contribution in [0.3, 0.4) is 0 Å². The average molecular weight is 338 g/mol. The van der Waals surface area contributed by atoms with E-state index in [0.717, 1.165) is 32.5 Å². The molecule has 4 aliphatic rings. The van der Waals surface area contributed by atoms with Gasteiger partial charge in [0, 0.05) is 37.0 Å². The van der Waals surface area contributed by atoms with E-state index in [1.54, 1.807) is 0 Å². The van der Waals surface area contributed by atoms with Gasteiger partial charge in [0.15, 0.2) is 0 Å². The van der Waals surface area contributed by atoms with Crippen molar-refractivity contribution in [1.82, 2.24) is 10.2 Å². The van der Waals surface area contributed by atoms with E-state index in [-0.39, 0.29) is 23.3 Å². The highest BCUT2D eigenvalue weighted by Gasteiger charge is 2.61. The molecule has 1 saturated heterocycles. The molecule has 1 amide bonds. The second-order valence-electron chi connectivity index (χ2n) is 9.49. The molecule has 24 heavy (non-hydrogen) atoms. The Morgan fingerprint density at radius 3 is 2.67 bits per heavy atom. The topological polar surface area (TPSA) is 82.0 Å².